The molecule has 0 atom stereocenters. The lowest BCUT2D eigenvalue weighted by molar-refractivity contribution is -0.138. The summed E-state index contributed by atoms with van der Waals surface area (Å²) in [6, 6.07) is 19.0. The highest BCUT2D eigenvalue weighted by atomic mass is 19.4. The van der Waals surface area contributed by atoms with Gasteiger partial charge in [0.25, 0.3) is 11.8 Å². The number of hydrogen-bond acceptors (Lipinski definition) is 2. The molecule has 0 bridgehead atoms. The second-order valence-electron chi connectivity index (χ2n) is 7.70. The third-order valence-electron chi connectivity index (χ3n) is 5.88. The maximum Gasteiger partial charge on any atom is 0.416 e. The van der Waals surface area contributed by atoms with Gasteiger partial charge in [0.1, 0.15) is 0 Å². The second-order valence-corrected chi connectivity index (χ2v) is 7.70. The Morgan fingerprint density at radius 3 is 2.00 bits per heavy atom. The number of hydrogen-bond donors (Lipinski definition) is 0. The fraction of sp³-hybridized carbons (Fsp3) is 0.120. The molecule has 5 rings (SSSR count). The van der Waals surface area contributed by atoms with Crippen LogP contribution in [0.1, 0.15) is 43.1 Å². The molecule has 1 aliphatic rings. The van der Waals surface area contributed by atoms with Gasteiger partial charge in [-0.1, -0.05) is 48.5 Å². The second kappa shape index (κ2) is 7.09. The molecule has 0 spiro atoms. The summed E-state index contributed by atoms with van der Waals surface area (Å²) in [7, 11) is 0. The van der Waals surface area contributed by atoms with Gasteiger partial charge in [-0.3, -0.25) is 9.59 Å². The van der Waals surface area contributed by atoms with Gasteiger partial charge in [0.15, 0.2) is 0 Å². The van der Waals surface area contributed by atoms with Gasteiger partial charge in [-0.05, 0) is 42.3 Å². The van der Waals surface area contributed by atoms with Crippen LogP contribution in [0.15, 0.2) is 72.8 Å². The number of halogens is 3. The highest BCUT2D eigenvalue weighted by molar-refractivity contribution is 6.31. The molecule has 2 heterocycles. The summed E-state index contributed by atoms with van der Waals surface area (Å²) in [6.45, 7) is 1.79. The molecule has 160 valence electrons. The first kappa shape index (κ1) is 20.1. The van der Waals surface area contributed by atoms with E-state index in [1.165, 1.54) is 16.8 Å². The Morgan fingerprint density at radius 1 is 0.781 bits per heavy atom. The van der Waals surface area contributed by atoms with Gasteiger partial charge < -0.3 is 0 Å². The number of para-hydroxylation sites is 1. The summed E-state index contributed by atoms with van der Waals surface area (Å²) in [6.07, 6.45) is -4.61. The maximum atomic E-state index is 13.6. The molecule has 0 unspecified atom stereocenters. The number of alkyl halides is 3. The number of carbonyl (C=O) groups excluding carboxylic acids is 2. The lowest BCUT2D eigenvalue weighted by atomic mass is 10.0. The summed E-state index contributed by atoms with van der Waals surface area (Å²) >= 11 is 0. The largest absolute Gasteiger partial charge is 0.416 e. The fourth-order valence-corrected chi connectivity index (χ4v) is 4.36. The van der Waals surface area contributed by atoms with Crippen molar-refractivity contribution in [2.75, 3.05) is 5.01 Å². The van der Waals surface area contributed by atoms with E-state index in [2.05, 4.69) is 0 Å². The van der Waals surface area contributed by atoms with E-state index in [-0.39, 0.29) is 23.1 Å². The summed E-state index contributed by atoms with van der Waals surface area (Å²) in [4.78, 5) is 26.4. The van der Waals surface area contributed by atoms with Crippen LogP contribution >= 0.6 is 0 Å². The third kappa shape index (κ3) is 2.92. The van der Waals surface area contributed by atoms with Crippen LogP contribution in [0.5, 0.6) is 0 Å². The van der Waals surface area contributed by atoms with Crippen molar-refractivity contribution in [2.45, 2.75) is 19.5 Å². The van der Waals surface area contributed by atoms with Gasteiger partial charge in [0.2, 0.25) is 0 Å². The molecular weight excluding hydrogens is 417 g/mol. The molecule has 0 saturated heterocycles. The smallest absolute Gasteiger partial charge is 0.267 e. The van der Waals surface area contributed by atoms with Crippen molar-refractivity contribution in [3.05, 3.63) is 106 Å². The van der Waals surface area contributed by atoms with E-state index in [4.69, 9.17) is 0 Å². The van der Waals surface area contributed by atoms with Crippen molar-refractivity contribution < 1.29 is 22.8 Å². The number of fused-ring (bicyclic) bond motifs is 2. The van der Waals surface area contributed by atoms with E-state index in [1.807, 2.05) is 12.1 Å². The number of imide groups is 1. The zero-order valence-electron chi connectivity index (χ0n) is 17.0. The van der Waals surface area contributed by atoms with Gasteiger partial charge in [0, 0.05) is 17.5 Å². The Balaban J connectivity index is 1.73. The van der Waals surface area contributed by atoms with E-state index in [9.17, 15) is 22.8 Å². The van der Waals surface area contributed by atoms with Crippen LogP contribution in [-0.2, 0) is 12.6 Å². The molecule has 0 fully saturated rings. The Labute approximate surface area is 181 Å². The number of amides is 2. The molecule has 0 aliphatic carbocycles. The van der Waals surface area contributed by atoms with Crippen LogP contribution in [-0.4, -0.2) is 16.5 Å². The first-order valence-electron chi connectivity index (χ1n) is 10.0. The molecule has 1 aromatic heterocycles. The van der Waals surface area contributed by atoms with Crippen molar-refractivity contribution in [3.63, 3.8) is 0 Å². The minimum absolute atomic E-state index is 0.0729. The highest BCUT2D eigenvalue weighted by Crippen LogP contribution is 2.36. The minimum atomic E-state index is -4.52. The quantitative estimate of drug-likeness (QED) is 0.400. The van der Waals surface area contributed by atoms with Gasteiger partial charge in [0.05, 0.1) is 22.2 Å². The number of carbonyl (C=O) groups is 2. The molecule has 7 heteroatoms. The Hall–Kier alpha value is -3.87. The molecule has 0 saturated carbocycles. The highest BCUT2D eigenvalue weighted by Gasteiger charge is 2.39. The van der Waals surface area contributed by atoms with E-state index in [0.717, 1.165) is 16.5 Å². The van der Waals surface area contributed by atoms with E-state index in [0.29, 0.717) is 16.8 Å². The zero-order valence-corrected chi connectivity index (χ0v) is 17.0. The van der Waals surface area contributed by atoms with Crippen molar-refractivity contribution in [3.8, 4) is 0 Å². The average Bonchev–Trinajstić information content (AvgIpc) is 3.19. The number of rotatable bonds is 3. The lowest BCUT2D eigenvalue weighted by Gasteiger charge is -2.21. The van der Waals surface area contributed by atoms with Crippen molar-refractivity contribution in [2.24, 2.45) is 0 Å². The summed E-state index contributed by atoms with van der Waals surface area (Å²) in [5, 5.41) is 1.80. The first-order valence-corrected chi connectivity index (χ1v) is 10.0. The molecule has 32 heavy (non-hydrogen) atoms. The van der Waals surface area contributed by atoms with Crippen LogP contribution in [0.25, 0.3) is 10.9 Å². The normalized spacial score (nSPS) is 13.8. The van der Waals surface area contributed by atoms with Crippen LogP contribution in [0.3, 0.4) is 0 Å². The van der Waals surface area contributed by atoms with Gasteiger partial charge in [-0.25, -0.2) is 4.68 Å². The minimum Gasteiger partial charge on any atom is -0.267 e. The lowest BCUT2D eigenvalue weighted by Crippen LogP contribution is -2.41. The topological polar surface area (TPSA) is 42.3 Å². The fourth-order valence-electron chi connectivity index (χ4n) is 4.36. The molecule has 3 aromatic carbocycles. The summed E-state index contributed by atoms with van der Waals surface area (Å²) in [5.74, 6) is -1.01. The molecule has 4 nitrogen and oxygen atoms in total. The Kier molecular flexibility index (Phi) is 4.44. The molecule has 0 radical (unpaired) electrons. The third-order valence-corrected chi connectivity index (χ3v) is 5.88. The average molecular weight is 434 g/mol. The Morgan fingerprint density at radius 2 is 1.34 bits per heavy atom. The standard InChI is InChI=1S/C25H17F3N2O2/c1-15-17-9-5-7-13-21(17)29(30-23(31)18-10-3-4-11-19(18)24(30)32)22(15)14-16-8-2-6-12-20(16)25(26,27)28/h2-13H,14H2,1H3. The van der Waals surface area contributed by atoms with Crippen LogP contribution < -0.4 is 5.01 Å². The number of aryl methyl sites for hydroxylation is 1. The number of nitrogens with zero attached hydrogens (tertiary/aromatic N) is 2. The zero-order chi connectivity index (χ0) is 22.6. The first-order chi connectivity index (χ1) is 15.3. The summed E-state index contributed by atoms with van der Waals surface area (Å²) < 4.78 is 42.4. The monoisotopic (exact) mass is 434 g/mol. The molecule has 0 N–H and O–H groups in total. The van der Waals surface area contributed by atoms with Crippen LogP contribution in [0.2, 0.25) is 0 Å². The number of benzene rings is 3. The molecular formula is C25H17F3N2O2. The predicted octanol–water partition coefficient (Wildman–Crippen LogP) is 5.49. The van der Waals surface area contributed by atoms with E-state index in [1.54, 1.807) is 49.4 Å². The molecule has 4 aromatic rings. The SMILES string of the molecule is Cc1c(Cc2ccccc2C(F)(F)F)n(N2C(=O)c3ccccc3C2=O)c2ccccc12. The van der Waals surface area contributed by atoms with Crippen molar-refractivity contribution in [1.29, 1.82) is 0 Å². The maximum absolute atomic E-state index is 13.6. The van der Waals surface area contributed by atoms with Gasteiger partial charge >= 0.3 is 6.18 Å². The molecule has 2 amide bonds. The van der Waals surface area contributed by atoms with Crippen LogP contribution in [0.4, 0.5) is 13.2 Å². The van der Waals surface area contributed by atoms with Gasteiger partial charge in [-0.15, -0.1) is 0 Å². The van der Waals surface area contributed by atoms with Crippen molar-refractivity contribution >= 4 is 22.7 Å². The Bertz CT molecular complexity index is 1370. The molecule has 1 aliphatic heterocycles. The van der Waals surface area contributed by atoms with E-state index < -0.39 is 23.6 Å². The van der Waals surface area contributed by atoms with Crippen molar-refractivity contribution in [1.82, 2.24) is 4.68 Å². The summed E-state index contributed by atoms with van der Waals surface area (Å²) in [5.41, 5.74) is 1.64. The van der Waals surface area contributed by atoms with E-state index >= 15 is 0 Å². The van der Waals surface area contributed by atoms with Crippen LogP contribution in [0, 0.1) is 6.92 Å². The predicted molar refractivity (Wildman–Crippen MR) is 114 cm³/mol. The number of aromatic nitrogens is 1. The van der Waals surface area contributed by atoms with Gasteiger partial charge in [-0.2, -0.15) is 18.2 Å².